The monoisotopic (exact) mass is 290 g/mol. The normalized spacial score (nSPS) is 60.0. The maximum absolute atomic E-state index is 10.9. The van der Waals surface area contributed by atoms with Crippen molar-refractivity contribution in [3.8, 4) is 0 Å². The van der Waals surface area contributed by atoms with Crippen molar-refractivity contribution < 1.29 is 5.11 Å². The van der Waals surface area contributed by atoms with Crippen LogP contribution in [0.1, 0.15) is 85.0 Å². The summed E-state index contributed by atoms with van der Waals surface area (Å²) in [6, 6.07) is 0. The van der Waals surface area contributed by atoms with E-state index in [1.807, 2.05) is 0 Å². The predicted molar refractivity (Wildman–Crippen MR) is 87.0 cm³/mol. The fourth-order valence-electron chi connectivity index (χ4n) is 7.54. The third-order valence-electron chi connectivity index (χ3n) is 9.15. The number of hydrogen-bond donors (Lipinski definition) is 1. The van der Waals surface area contributed by atoms with Crippen molar-refractivity contribution >= 4 is 0 Å². The first kappa shape index (κ1) is 14.5. The van der Waals surface area contributed by atoms with Crippen LogP contribution in [0.5, 0.6) is 0 Å². The van der Waals surface area contributed by atoms with E-state index in [4.69, 9.17) is 0 Å². The van der Waals surface area contributed by atoms with Crippen molar-refractivity contribution in [2.45, 2.75) is 90.6 Å². The summed E-state index contributed by atoms with van der Waals surface area (Å²) < 4.78 is 0. The first-order valence-electron chi connectivity index (χ1n) is 9.61. The Morgan fingerprint density at radius 2 is 1.52 bits per heavy atom. The molecule has 0 aromatic heterocycles. The molecule has 0 amide bonds. The zero-order chi connectivity index (χ0) is 14.9. The van der Waals surface area contributed by atoms with E-state index < -0.39 is 5.60 Å². The quantitative estimate of drug-likeness (QED) is 0.652. The highest BCUT2D eigenvalue weighted by atomic mass is 16.3. The van der Waals surface area contributed by atoms with E-state index in [0.717, 1.165) is 30.1 Å². The molecule has 0 radical (unpaired) electrons. The maximum Gasteiger partial charge on any atom is 0.0675 e. The lowest BCUT2D eigenvalue weighted by molar-refractivity contribution is -0.145. The largest absolute Gasteiger partial charge is 0.390 e. The summed E-state index contributed by atoms with van der Waals surface area (Å²) >= 11 is 0. The number of hydrogen-bond acceptors (Lipinski definition) is 1. The minimum Gasteiger partial charge on any atom is -0.390 e. The predicted octanol–water partition coefficient (Wildman–Crippen LogP) is 5.17. The van der Waals surface area contributed by atoms with Gasteiger partial charge in [-0.05, 0) is 92.8 Å². The van der Waals surface area contributed by atoms with Gasteiger partial charge in [0.1, 0.15) is 0 Å². The molecule has 1 nitrogen and oxygen atoms in total. The van der Waals surface area contributed by atoms with Gasteiger partial charge in [0.15, 0.2) is 0 Å². The lowest BCUT2D eigenvalue weighted by Gasteiger charge is -2.61. The molecule has 1 N–H and O–H groups in total. The van der Waals surface area contributed by atoms with Crippen LogP contribution in [0.3, 0.4) is 0 Å². The van der Waals surface area contributed by atoms with Crippen molar-refractivity contribution in [3.63, 3.8) is 0 Å². The van der Waals surface area contributed by atoms with Gasteiger partial charge in [0, 0.05) is 0 Å². The van der Waals surface area contributed by atoms with Gasteiger partial charge in [-0.25, -0.2) is 0 Å². The minimum atomic E-state index is -0.410. The molecule has 0 aliphatic heterocycles. The molecule has 4 aliphatic rings. The molecule has 0 spiro atoms. The standard InChI is InChI=1S/C20H34O/c1-18-11-5-4-6-14(18)7-8-15-16(18)9-12-19(2)17(15)10-13-20(19,3)21/h14-17,21H,4-13H2,1-3H3/t14-,15-,16+,17+,18+,19+,20+/m1/s1. The van der Waals surface area contributed by atoms with Gasteiger partial charge >= 0.3 is 0 Å². The Hall–Kier alpha value is -0.0400. The van der Waals surface area contributed by atoms with E-state index >= 15 is 0 Å². The van der Waals surface area contributed by atoms with Crippen LogP contribution in [-0.4, -0.2) is 10.7 Å². The van der Waals surface area contributed by atoms with Crippen molar-refractivity contribution in [3.05, 3.63) is 0 Å². The number of aliphatic hydroxyl groups is 1. The van der Waals surface area contributed by atoms with Crippen molar-refractivity contribution in [1.82, 2.24) is 0 Å². The van der Waals surface area contributed by atoms with E-state index in [0.29, 0.717) is 5.41 Å². The molecule has 7 atom stereocenters. The molecule has 4 rings (SSSR count). The summed E-state index contributed by atoms with van der Waals surface area (Å²) in [5.41, 5.74) is 0.427. The van der Waals surface area contributed by atoms with Crippen LogP contribution in [0.15, 0.2) is 0 Å². The third kappa shape index (κ3) is 1.79. The van der Waals surface area contributed by atoms with Crippen LogP contribution in [-0.2, 0) is 0 Å². The molecule has 4 aliphatic carbocycles. The van der Waals surface area contributed by atoms with E-state index in [9.17, 15) is 5.11 Å². The molecule has 0 heterocycles. The first-order valence-corrected chi connectivity index (χ1v) is 9.61. The lowest BCUT2D eigenvalue weighted by atomic mass is 9.44. The SMILES string of the molecule is C[C@]12CCCC[C@@H]1CC[C@@H]1[C@@H]2CC[C@@]2(C)[C@H]1CC[C@]2(C)O. The van der Waals surface area contributed by atoms with Crippen LogP contribution in [0, 0.1) is 34.5 Å². The summed E-state index contributed by atoms with van der Waals surface area (Å²) in [6.45, 7) is 7.18. The Kier molecular flexibility index (Phi) is 3.11. The molecular weight excluding hydrogens is 256 g/mol. The Morgan fingerprint density at radius 3 is 2.33 bits per heavy atom. The molecule has 4 saturated carbocycles. The van der Waals surface area contributed by atoms with Crippen LogP contribution >= 0.6 is 0 Å². The minimum absolute atomic E-state index is 0.200. The molecule has 0 aromatic carbocycles. The molecule has 4 fully saturated rings. The summed E-state index contributed by atoms with van der Waals surface area (Å²) in [6.07, 6.45) is 13.9. The Morgan fingerprint density at radius 1 is 0.762 bits per heavy atom. The molecule has 0 saturated heterocycles. The highest BCUT2D eigenvalue weighted by Gasteiger charge is 2.62. The van der Waals surface area contributed by atoms with Gasteiger partial charge in [0.25, 0.3) is 0 Å². The molecular formula is C20H34O. The summed E-state index contributed by atoms with van der Waals surface area (Å²) in [5, 5.41) is 10.9. The van der Waals surface area contributed by atoms with Gasteiger partial charge < -0.3 is 5.11 Å². The van der Waals surface area contributed by atoms with Crippen LogP contribution < -0.4 is 0 Å². The smallest absolute Gasteiger partial charge is 0.0675 e. The fourth-order valence-corrected chi connectivity index (χ4v) is 7.54. The van der Waals surface area contributed by atoms with Crippen LogP contribution in [0.25, 0.3) is 0 Å². The van der Waals surface area contributed by atoms with Gasteiger partial charge in [-0.2, -0.15) is 0 Å². The van der Waals surface area contributed by atoms with Gasteiger partial charge in [0.05, 0.1) is 5.60 Å². The van der Waals surface area contributed by atoms with Gasteiger partial charge in [-0.15, -0.1) is 0 Å². The average molecular weight is 290 g/mol. The van der Waals surface area contributed by atoms with E-state index in [1.165, 1.54) is 57.8 Å². The summed E-state index contributed by atoms with van der Waals surface area (Å²) in [7, 11) is 0. The van der Waals surface area contributed by atoms with Crippen LogP contribution in [0.4, 0.5) is 0 Å². The van der Waals surface area contributed by atoms with Gasteiger partial charge in [-0.3, -0.25) is 0 Å². The lowest BCUT2D eigenvalue weighted by Crippen LogP contribution is -2.55. The Labute approximate surface area is 130 Å². The molecule has 120 valence electrons. The number of fused-ring (bicyclic) bond motifs is 5. The van der Waals surface area contributed by atoms with Gasteiger partial charge in [0.2, 0.25) is 0 Å². The topological polar surface area (TPSA) is 20.2 Å². The molecule has 1 heteroatoms. The summed E-state index contributed by atoms with van der Waals surface area (Å²) in [5.74, 6) is 3.69. The first-order chi connectivity index (χ1) is 9.88. The molecule has 21 heavy (non-hydrogen) atoms. The highest BCUT2D eigenvalue weighted by Crippen LogP contribution is 2.68. The second-order valence-corrected chi connectivity index (χ2v) is 9.67. The van der Waals surface area contributed by atoms with Crippen molar-refractivity contribution in [2.75, 3.05) is 0 Å². The molecule has 0 bridgehead atoms. The van der Waals surface area contributed by atoms with E-state index in [1.54, 1.807) is 0 Å². The molecule has 0 unspecified atom stereocenters. The van der Waals surface area contributed by atoms with Crippen molar-refractivity contribution in [2.24, 2.45) is 34.5 Å². The second-order valence-electron chi connectivity index (χ2n) is 9.67. The Bertz CT molecular complexity index is 428. The van der Waals surface area contributed by atoms with E-state index in [-0.39, 0.29) is 5.41 Å². The highest BCUT2D eigenvalue weighted by molar-refractivity contribution is 5.12. The maximum atomic E-state index is 10.9. The zero-order valence-electron chi connectivity index (χ0n) is 14.3. The molecule has 0 aromatic rings. The summed E-state index contributed by atoms with van der Waals surface area (Å²) in [4.78, 5) is 0. The van der Waals surface area contributed by atoms with E-state index in [2.05, 4.69) is 20.8 Å². The fraction of sp³-hybridized carbons (Fsp3) is 1.00. The third-order valence-corrected chi connectivity index (χ3v) is 9.15. The van der Waals surface area contributed by atoms with Gasteiger partial charge in [-0.1, -0.05) is 26.7 Å². The Balaban J connectivity index is 1.66. The second kappa shape index (κ2) is 4.49. The van der Waals surface area contributed by atoms with Crippen LogP contribution in [0.2, 0.25) is 0 Å². The zero-order valence-corrected chi connectivity index (χ0v) is 14.3. The average Bonchev–Trinajstić information content (AvgIpc) is 2.69. The van der Waals surface area contributed by atoms with Crippen molar-refractivity contribution in [1.29, 1.82) is 0 Å². The number of rotatable bonds is 0.